The van der Waals surface area contributed by atoms with Gasteiger partial charge < -0.3 is 0 Å². The number of benzene rings is 1. The molecule has 15 heavy (non-hydrogen) atoms. The molecule has 3 heteroatoms. The number of rotatable bonds is 2. The summed E-state index contributed by atoms with van der Waals surface area (Å²) in [6.45, 7) is 5.82. The molecule has 0 amide bonds. The molecule has 1 heterocycles. The molecule has 0 aliphatic rings. The topological polar surface area (TPSA) is 30.0 Å². The van der Waals surface area contributed by atoms with Gasteiger partial charge in [-0.25, -0.2) is 4.98 Å². The Balaban J connectivity index is 2.70. The molecule has 1 aromatic heterocycles. The minimum Gasteiger partial charge on any atom is -0.294 e. The first kappa shape index (κ1) is 10.3. The number of carbonyl (C=O) groups excluding carboxylic acids is 1. The molecule has 0 bridgehead atoms. The molecular weight excluding hydrogens is 206 g/mol. The average molecular weight is 219 g/mol. The fourth-order valence-electron chi connectivity index (χ4n) is 1.50. The number of fused-ring (bicyclic) bond motifs is 1. The van der Waals surface area contributed by atoms with Gasteiger partial charge in [-0.15, -0.1) is 11.3 Å². The van der Waals surface area contributed by atoms with Crippen molar-refractivity contribution in [2.75, 3.05) is 0 Å². The maximum absolute atomic E-state index is 11.4. The lowest BCUT2D eigenvalue weighted by Crippen LogP contribution is -1.93. The van der Waals surface area contributed by atoms with Crippen LogP contribution in [0, 0.1) is 0 Å². The molecule has 1 aromatic carbocycles. The van der Waals surface area contributed by atoms with Gasteiger partial charge in [0, 0.05) is 11.5 Å². The first-order valence-corrected chi connectivity index (χ1v) is 5.81. The van der Waals surface area contributed by atoms with E-state index in [1.807, 2.05) is 18.2 Å². The van der Waals surface area contributed by atoms with Gasteiger partial charge in [0.15, 0.2) is 5.78 Å². The number of nitrogens with zero attached hydrogens (tertiary/aromatic N) is 1. The average Bonchev–Trinajstić information content (AvgIpc) is 2.60. The Hall–Kier alpha value is -1.22. The molecule has 0 N–H and O–H groups in total. The van der Waals surface area contributed by atoms with Crippen LogP contribution >= 0.6 is 11.3 Å². The minimum absolute atomic E-state index is 0.0845. The van der Waals surface area contributed by atoms with E-state index in [4.69, 9.17) is 0 Å². The Morgan fingerprint density at radius 2 is 2.13 bits per heavy atom. The highest BCUT2D eigenvalue weighted by atomic mass is 32.1. The zero-order chi connectivity index (χ0) is 11.0. The van der Waals surface area contributed by atoms with E-state index in [0.29, 0.717) is 5.92 Å². The molecule has 0 spiro atoms. The Morgan fingerprint density at radius 3 is 2.73 bits per heavy atom. The van der Waals surface area contributed by atoms with Crippen LogP contribution in [0.4, 0.5) is 0 Å². The van der Waals surface area contributed by atoms with Crippen molar-refractivity contribution in [1.82, 2.24) is 4.98 Å². The van der Waals surface area contributed by atoms with E-state index in [1.165, 1.54) is 0 Å². The predicted octanol–water partition coefficient (Wildman–Crippen LogP) is 3.62. The van der Waals surface area contributed by atoms with E-state index in [2.05, 4.69) is 18.8 Å². The zero-order valence-electron chi connectivity index (χ0n) is 9.07. The van der Waals surface area contributed by atoms with Crippen LogP contribution in [0.15, 0.2) is 18.2 Å². The lowest BCUT2D eigenvalue weighted by atomic mass is 10.1. The van der Waals surface area contributed by atoms with Crippen LogP contribution in [-0.2, 0) is 0 Å². The Morgan fingerprint density at radius 1 is 1.40 bits per heavy atom. The molecule has 0 radical (unpaired) electrons. The fraction of sp³-hybridized carbons (Fsp3) is 0.333. The van der Waals surface area contributed by atoms with Gasteiger partial charge >= 0.3 is 0 Å². The lowest BCUT2D eigenvalue weighted by molar-refractivity contribution is 0.101. The second kappa shape index (κ2) is 3.74. The molecule has 2 nitrogen and oxygen atoms in total. The number of hydrogen-bond donors (Lipinski definition) is 0. The van der Waals surface area contributed by atoms with Crippen molar-refractivity contribution < 1.29 is 4.79 Å². The van der Waals surface area contributed by atoms with Crippen molar-refractivity contribution in [2.45, 2.75) is 26.7 Å². The number of para-hydroxylation sites is 1. The monoisotopic (exact) mass is 219 g/mol. The molecule has 2 aromatic rings. The maximum Gasteiger partial charge on any atom is 0.162 e. The number of ketones is 1. The van der Waals surface area contributed by atoms with Gasteiger partial charge in [0.25, 0.3) is 0 Å². The molecule has 0 saturated carbocycles. The molecule has 0 atom stereocenters. The number of Topliss-reactive ketones (excluding diaryl/α,β-unsaturated/α-hetero) is 1. The second-order valence-corrected chi connectivity index (χ2v) is 4.98. The summed E-state index contributed by atoms with van der Waals surface area (Å²) in [6, 6.07) is 5.78. The highest BCUT2D eigenvalue weighted by Gasteiger charge is 2.12. The normalized spacial score (nSPS) is 11.2. The van der Waals surface area contributed by atoms with Gasteiger partial charge in [-0.1, -0.05) is 19.9 Å². The smallest absolute Gasteiger partial charge is 0.162 e. The summed E-state index contributed by atoms with van der Waals surface area (Å²) in [7, 11) is 0. The molecule has 78 valence electrons. The van der Waals surface area contributed by atoms with Crippen LogP contribution in [0.25, 0.3) is 10.2 Å². The molecule has 0 saturated heterocycles. The fourth-order valence-corrected chi connectivity index (χ4v) is 2.49. The Kier molecular flexibility index (Phi) is 2.57. The van der Waals surface area contributed by atoms with Crippen LogP contribution in [0.2, 0.25) is 0 Å². The number of carbonyl (C=O) groups is 1. The highest BCUT2D eigenvalue weighted by molar-refractivity contribution is 7.18. The molecule has 0 aliphatic carbocycles. The summed E-state index contributed by atoms with van der Waals surface area (Å²) in [5.74, 6) is 0.503. The van der Waals surface area contributed by atoms with Crippen molar-refractivity contribution in [3.8, 4) is 0 Å². The predicted molar refractivity (Wildman–Crippen MR) is 63.7 cm³/mol. The van der Waals surface area contributed by atoms with Crippen LogP contribution in [-0.4, -0.2) is 10.8 Å². The maximum atomic E-state index is 11.4. The van der Waals surface area contributed by atoms with E-state index in [0.717, 1.165) is 20.8 Å². The quantitative estimate of drug-likeness (QED) is 0.722. The van der Waals surface area contributed by atoms with Crippen molar-refractivity contribution in [1.29, 1.82) is 0 Å². The van der Waals surface area contributed by atoms with E-state index in [1.54, 1.807) is 18.3 Å². The van der Waals surface area contributed by atoms with Gasteiger partial charge in [0.05, 0.1) is 15.2 Å². The van der Waals surface area contributed by atoms with Crippen molar-refractivity contribution in [3.05, 3.63) is 28.8 Å². The van der Waals surface area contributed by atoms with Crippen LogP contribution in [0.3, 0.4) is 0 Å². The number of thiazole rings is 1. The summed E-state index contributed by atoms with van der Waals surface area (Å²) in [5, 5.41) is 1.10. The third-order valence-electron chi connectivity index (χ3n) is 2.31. The third-order valence-corrected chi connectivity index (χ3v) is 3.63. The van der Waals surface area contributed by atoms with E-state index in [9.17, 15) is 4.79 Å². The highest BCUT2D eigenvalue weighted by Crippen LogP contribution is 2.29. The van der Waals surface area contributed by atoms with Gasteiger partial charge in [-0.05, 0) is 19.1 Å². The van der Waals surface area contributed by atoms with E-state index < -0.39 is 0 Å². The molecule has 2 rings (SSSR count). The molecular formula is C12H13NOS. The van der Waals surface area contributed by atoms with Crippen molar-refractivity contribution in [2.24, 2.45) is 0 Å². The first-order chi connectivity index (χ1) is 7.09. The number of aromatic nitrogens is 1. The summed E-state index contributed by atoms with van der Waals surface area (Å²) in [5.41, 5.74) is 1.59. The van der Waals surface area contributed by atoms with Crippen molar-refractivity contribution in [3.63, 3.8) is 0 Å². The first-order valence-electron chi connectivity index (χ1n) is 5.00. The van der Waals surface area contributed by atoms with Crippen LogP contribution in [0.1, 0.15) is 42.1 Å². The van der Waals surface area contributed by atoms with Gasteiger partial charge in [-0.2, -0.15) is 0 Å². The lowest BCUT2D eigenvalue weighted by Gasteiger charge is -1.96. The Bertz CT molecular complexity index is 513. The third kappa shape index (κ3) is 1.79. The summed E-state index contributed by atoms with van der Waals surface area (Å²) in [4.78, 5) is 15.9. The van der Waals surface area contributed by atoms with Gasteiger partial charge in [0.2, 0.25) is 0 Å². The van der Waals surface area contributed by atoms with Crippen molar-refractivity contribution >= 4 is 27.3 Å². The Labute approximate surface area is 93.0 Å². The molecule has 0 fully saturated rings. The zero-order valence-corrected chi connectivity index (χ0v) is 9.89. The summed E-state index contributed by atoms with van der Waals surface area (Å²) >= 11 is 1.67. The standard InChI is InChI=1S/C12H13NOS/c1-7(2)12-13-11-9(8(3)14)5-4-6-10(11)15-12/h4-7H,1-3H3. The van der Waals surface area contributed by atoms with Gasteiger partial charge in [0.1, 0.15) is 0 Å². The van der Waals surface area contributed by atoms with Gasteiger partial charge in [-0.3, -0.25) is 4.79 Å². The van der Waals surface area contributed by atoms with E-state index >= 15 is 0 Å². The number of hydrogen-bond acceptors (Lipinski definition) is 3. The largest absolute Gasteiger partial charge is 0.294 e. The summed E-state index contributed by atoms with van der Waals surface area (Å²) in [6.07, 6.45) is 0. The molecule has 0 unspecified atom stereocenters. The summed E-state index contributed by atoms with van der Waals surface area (Å²) < 4.78 is 1.10. The van der Waals surface area contributed by atoms with E-state index in [-0.39, 0.29) is 5.78 Å². The minimum atomic E-state index is 0.0845. The second-order valence-electron chi connectivity index (χ2n) is 3.92. The van der Waals surface area contributed by atoms with Crippen LogP contribution < -0.4 is 0 Å². The SMILES string of the molecule is CC(=O)c1cccc2sc(C(C)C)nc12. The molecule has 0 aliphatic heterocycles. The van der Waals surface area contributed by atoms with Crippen LogP contribution in [0.5, 0.6) is 0 Å².